The second-order valence-corrected chi connectivity index (χ2v) is 13.7. The number of benzene rings is 6. The van der Waals surface area contributed by atoms with Crippen LogP contribution >= 0.6 is 0 Å². The summed E-state index contributed by atoms with van der Waals surface area (Å²) < 4.78 is 4.72. The molecule has 4 nitrogen and oxygen atoms in total. The second kappa shape index (κ2) is 11.9. The Hall–Kier alpha value is -6.78. The molecule has 0 radical (unpaired) electrons. The molecule has 0 aliphatic rings. The van der Waals surface area contributed by atoms with Gasteiger partial charge in [0.25, 0.3) is 0 Å². The highest BCUT2D eigenvalue weighted by atomic mass is 15.0. The van der Waals surface area contributed by atoms with Crippen molar-refractivity contribution < 1.29 is 0 Å². The summed E-state index contributed by atoms with van der Waals surface area (Å²) in [5.74, 6) is 0. The molecule has 52 heavy (non-hydrogen) atoms. The lowest BCUT2D eigenvalue weighted by atomic mass is 10.1. The minimum atomic E-state index is 0.841. The zero-order chi connectivity index (χ0) is 34.8. The molecule has 4 aromatic heterocycles. The Balaban J connectivity index is 1.06. The van der Waals surface area contributed by atoms with Gasteiger partial charge in [-0.3, -0.25) is 0 Å². The second-order valence-electron chi connectivity index (χ2n) is 13.7. The fourth-order valence-electron chi connectivity index (χ4n) is 7.68. The number of aromatic nitrogens is 4. The predicted molar refractivity (Wildman–Crippen MR) is 216 cm³/mol. The van der Waals surface area contributed by atoms with Crippen LogP contribution in [0, 0.1) is 13.8 Å². The highest BCUT2D eigenvalue weighted by Crippen LogP contribution is 2.37. The summed E-state index contributed by atoms with van der Waals surface area (Å²) in [5.41, 5.74) is 15.1. The Morgan fingerprint density at radius 2 is 0.712 bits per heavy atom. The number of rotatable bonds is 5. The third-order valence-electron chi connectivity index (χ3n) is 10.3. The van der Waals surface area contributed by atoms with Crippen molar-refractivity contribution in [2.24, 2.45) is 0 Å². The quantitative estimate of drug-likeness (QED) is 0.183. The van der Waals surface area contributed by atoms with E-state index in [-0.39, 0.29) is 0 Å². The van der Waals surface area contributed by atoms with Gasteiger partial charge in [0.15, 0.2) is 0 Å². The Bertz CT molecular complexity index is 2760. The number of aryl methyl sites for hydroxylation is 2. The van der Waals surface area contributed by atoms with Crippen LogP contribution in [0.15, 0.2) is 170 Å². The van der Waals surface area contributed by atoms with Gasteiger partial charge in [-0.15, -0.1) is 0 Å². The molecule has 0 atom stereocenters. The van der Waals surface area contributed by atoms with E-state index in [2.05, 4.69) is 193 Å². The molecule has 0 N–H and O–H groups in total. The summed E-state index contributed by atoms with van der Waals surface area (Å²) >= 11 is 0. The predicted octanol–water partition coefficient (Wildman–Crippen LogP) is 12.3. The summed E-state index contributed by atoms with van der Waals surface area (Å²) in [6.07, 6.45) is 0. The molecule has 246 valence electrons. The number of hydrogen-bond acceptors (Lipinski definition) is 2. The van der Waals surface area contributed by atoms with E-state index in [0.717, 1.165) is 56.3 Å². The van der Waals surface area contributed by atoms with Crippen LogP contribution < -0.4 is 0 Å². The van der Waals surface area contributed by atoms with E-state index in [9.17, 15) is 0 Å². The summed E-state index contributed by atoms with van der Waals surface area (Å²) in [4.78, 5) is 10.4. The van der Waals surface area contributed by atoms with Crippen molar-refractivity contribution in [3.63, 3.8) is 0 Å². The summed E-state index contributed by atoms with van der Waals surface area (Å²) in [6, 6.07) is 60.6. The lowest BCUT2D eigenvalue weighted by molar-refractivity contribution is 1.17. The largest absolute Gasteiger partial charge is 0.309 e. The Morgan fingerprint density at radius 1 is 0.327 bits per heavy atom. The molecule has 0 amide bonds. The molecule has 0 aliphatic heterocycles. The first-order valence-corrected chi connectivity index (χ1v) is 17.7. The van der Waals surface area contributed by atoms with Crippen molar-refractivity contribution >= 4 is 43.6 Å². The Labute approximate surface area is 301 Å². The van der Waals surface area contributed by atoms with Crippen LogP contribution in [0.4, 0.5) is 0 Å². The Kier molecular flexibility index (Phi) is 6.90. The molecule has 10 rings (SSSR count). The van der Waals surface area contributed by atoms with Crippen molar-refractivity contribution in [3.05, 3.63) is 181 Å². The van der Waals surface area contributed by atoms with E-state index in [4.69, 9.17) is 9.97 Å². The normalized spacial score (nSPS) is 11.7. The fourth-order valence-corrected chi connectivity index (χ4v) is 7.68. The van der Waals surface area contributed by atoms with Gasteiger partial charge in [0, 0.05) is 44.0 Å². The zero-order valence-electron chi connectivity index (χ0n) is 29.0. The summed E-state index contributed by atoms with van der Waals surface area (Å²) in [7, 11) is 0. The molecule has 4 heteroatoms. The first-order chi connectivity index (χ1) is 25.6. The van der Waals surface area contributed by atoms with E-state index in [1.807, 2.05) is 0 Å². The third-order valence-corrected chi connectivity index (χ3v) is 10.3. The molecular weight excluding hydrogens is 633 g/mol. The van der Waals surface area contributed by atoms with E-state index >= 15 is 0 Å². The third kappa shape index (κ3) is 4.91. The van der Waals surface area contributed by atoms with Gasteiger partial charge >= 0.3 is 0 Å². The molecular formula is C48H34N4. The van der Waals surface area contributed by atoms with Crippen LogP contribution in [0.5, 0.6) is 0 Å². The van der Waals surface area contributed by atoms with Gasteiger partial charge in [-0.05, 0) is 86.6 Å². The minimum absolute atomic E-state index is 0.841. The molecule has 0 saturated carbocycles. The van der Waals surface area contributed by atoms with Gasteiger partial charge in [0.05, 0.1) is 44.8 Å². The minimum Gasteiger partial charge on any atom is -0.309 e. The number of hydrogen-bond donors (Lipinski definition) is 0. The Morgan fingerprint density at radius 3 is 1.15 bits per heavy atom. The molecule has 10 aromatic rings. The highest BCUT2D eigenvalue weighted by Gasteiger charge is 2.16. The van der Waals surface area contributed by atoms with E-state index in [1.165, 1.54) is 43.7 Å². The molecule has 0 aliphatic carbocycles. The first kappa shape index (κ1) is 30.1. The van der Waals surface area contributed by atoms with Gasteiger partial charge in [-0.2, -0.15) is 0 Å². The van der Waals surface area contributed by atoms with Crippen LogP contribution in [-0.4, -0.2) is 19.1 Å². The van der Waals surface area contributed by atoms with Gasteiger partial charge in [0.2, 0.25) is 0 Å². The van der Waals surface area contributed by atoms with E-state index < -0.39 is 0 Å². The number of para-hydroxylation sites is 2. The zero-order valence-corrected chi connectivity index (χ0v) is 29.0. The molecule has 0 saturated heterocycles. The average molecular weight is 667 g/mol. The van der Waals surface area contributed by atoms with E-state index in [1.54, 1.807) is 0 Å². The van der Waals surface area contributed by atoms with Crippen molar-refractivity contribution in [1.29, 1.82) is 0 Å². The van der Waals surface area contributed by atoms with Gasteiger partial charge in [-0.1, -0.05) is 108 Å². The SMILES string of the molecule is Cc1ccc(-n2c3ccccc3c3ccc(-c4cccc(-c5cccc(-c6ccc7c8ccccc8n(-c8ccc(C)cc8)c7c6)n5)n4)cc32)cc1. The molecule has 0 bridgehead atoms. The first-order valence-electron chi connectivity index (χ1n) is 17.7. The van der Waals surface area contributed by atoms with Crippen LogP contribution in [0.2, 0.25) is 0 Å². The maximum Gasteiger partial charge on any atom is 0.0893 e. The highest BCUT2D eigenvalue weighted by molar-refractivity contribution is 6.11. The van der Waals surface area contributed by atoms with Crippen LogP contribution in [0.1, 0.15) is 11.1 Å². The summed E-state index contributed by atoms with van der Waals surface area (Å²) in [6.45, 7) is 4.25. The van der Waals surface area contributed by atoms with Crippen molar-refractivity contribution in [2.45, 2.75) is 13.8 Å². The lowest BCUT2D eigenvalue weighted by Gasteiger charge is -2.11. The standard InChI is InChI=1S/C48H34N4/c1-31-17-23-35(24-18-31)51-45-15-5-3-9-37(45)39-27-21-33(29-47(39)51)41-11-7-13-43(49-41)44-14-8-12-42(50-44)34-22-28-40-38-10-4-6-16-46(38)52(48(40)30-34)36-25-19-32(2)20-26-36/h3-30H,1-2H3. The van der Waals surface area contributed by atoms with Gasteiger partial charge in [-0.25, -0.2) is 9.97 Å². The molecule has 0 unspecified atom stereocenters. The maximum absolute atomic E-state index is 5.19. The van der Waals surface area contributed by atoms with Crippen LogP contribution in [-0.2, 0) is 0 Å². The van der Waals surface area contributed by atoms with E-state index in [0.29, 0.717) is 0 Å². The topological polar surface area (TPSA) is 35.6 Å². The van der Waals surface area contributed by atoms with Crippen LogP contribution in [0.3, 0.4) is 0 Å². The maximum atomic E-state index is 5.19. The molecule has 0 fully saturated rings. The smallest absolute Gasteiger partial charge is 0.0893 e. The summed E-state index contributed by atoms with van der Waals surface area (Å²) in [5, 5.41) is 4.93. The molecule has 4 heterocycles. The van der Waals surface area contributed by atoms with Crippen molar-refractivity contribution in [3.8, 4) is 45.3 Å². The molecule has 6 aromatic carbocycles. The fraction of sp³-hybridized carbons (Fsp3) is 0.0417. The van der Waals surface area contributed by atoms with Gasteiger partial charge in [0.1, 0.15) is 0 Å². The molecule has 0 spiro atoms. The number of pyridine rings is 2. The monoisotopic (exact) mass is 666 g/mol. The lowest BCUT2D eigenvalue weighted by Crippen LogP contribution is -1.95. The number of nitrogens with zero attached hydrogens (tertiary/aromatic N) is 4. The van der Waals surface area contributed by atoms with Gasteiger partial charge < -0.3 is 9.13 Å². The number of fused-ring (bicyclic) bond motifs is 6. The van der Waals surface area contributed by atoms with Crippen molar-refractivity contribution in [2.75, 3.05) is 0 Å². The van der Waals surface area contributed by atoms with Crippen LogP contribution in [0.25, 0.3) is 88.9 Å². The van der Waals surface area contributed by atoms with Crippen molar-refractivity contribution in [1.82, 2.24) is 19.1 Å². The average Bonchev–Trinajstić information content (AvgIpc) is 3.71.